The first-order chi connectivity index (χ1) is 17.6. The van der Waals surface area contributed by atoms with Crippen molar-refractivity contribution in [3.8, 4) is 28.4 Å². The lowest BCUT2D eigenvalue weighted by molar-refractivity contribution is -0.120. The number of amides is 1. The molecule has 6 rings (SSSR count). The van der Waals surface area contributed by atoms with Crippen LogP contribution in [0.4, 0.5) is 5.69 Å². The van der Waals surface area contributed by atoms with E-state index in [1.54, 1.807) is 7.11 Å². The molecule has 1 aromatic heterocycles. The van der Waals surface area contributed by atoms with Gasteiger partial charge in [-0.25, -0.2) is 0 Å². The van der Waals surface area contributed by atoms with Crippen molar-refractivity contribution in [1.82, 2.24) is 15.1 Å². The zero-order valence-electron chi connectivity index (χ0n) is 21.1. The van der Waals surface area contributed by atoms with Crippen LogP contribution in [0.3, 0.4) is 0 Å². The Bertz CT molecular complexity index is 1240. The maximum Gasteiger partial charge on any atom is 0.230 e. The minimum Gasteiger partial charge on any atom is -0.497 e. The Balaban J connectivity index is 1.42. The Morgan fingerprint density at radius 1 is 1.00 bits per heavy atom. The first-order valence-corrected chi connectivity index (χ1v) is 13.2. The highest BCUT2D eigenvalue weighted by Crippen LogP contribution is 2.46. The number of fused-ring (bicyclic) bond motifs is 1. The van der Waals surface area contributed by atoms with Crippen LogP contribution in [-0.4, -0.2) is 41.9 Å². The van der Waals surface area contributed by atoms with Gasteiger partial charge in [-0.3, -0.25) is 9.48 Å². The molecule has 3 heterocycles. The molecule has 1 saturated heterocycles. The minimum absolute atomic E-state index is 0.173. The summed E-state index contributed by atoms with van der Waals surface area (Å²) in [6, 6.07) is 12.5. The minimum atomic E-state index is 0.173. The summed E-state index contributed by atoms with van der Waals surface area (Å²) in [6.45, 7) is 4.20. The van der Waals surface area contributed by atoms with Crippen molar-refractivity contribution in [3.63, 3.8) is 0 Å². The van der Waals surface area contributed by atoms with Crippen LogP contribution in [-0.2, 0) is 11.2 Å². The number of anilines is 1. The monoisotopic (exact) mass is 486 g/mol. The third-order valence-electron chi connectivity index (χ3n) is 7.79. The van der Waals surface area contributed by atoms with E-state index < -0.39 is 0 Å². The molecule has 0 bridgehead atoms. The van der Waals surface area contributed by atoms with Crippen molar-refractivity contribution in [3.05, 3.63) is 54.4 Å². The molecule has 2 fully saturated rings. The van der Waals surface area contributed by atoms with E-state index in [0.717, 1.165) is 91.2 Å². The summed E-state index contributed by atoms with van der Waals surface area (Å²) in [7, 11) is 1.66. The lowest BCUT2D eigenvalue weighted by Gasteiger charge is -2.36. The highest BCUT2D eigenvalue weighted by atomic mass is 16.5. The summed E-state index contributed by atoms with van der Waals surface area (Å²) in [6.07, 6.45) is 10.0. The number of hydrogen-bond donors (Lipinski definition) is 1. The van der Waals surface area contributed by atoms with Gasteiger partial charge in [-0.2, -0.15) is 5.10 Å². The standard InChI is InChI=1S/C29H34N4O3/c1-19-3-10-26-27(33(19)29(34)20-4-5-20)12-11-25(28(26)36-24-8-6-23(35-2)7-9-24)21-17-31-32(18-21)22-13-15-30-16-14-22/h6-9,11-12,17-20,22,30H,3-5,10,13-16H2,1-2H3/t19-/m0/s1. The van der Waals surface area contributed by atoms with Crippen LogP contribution in [0.15, 0.2) is 48.8 Å². The van der Waals surface area contributed by atoms with E-state index in [0.29, 0.717) is 6.04 Å². The number of benzene rings is 2. The van der Waals surface area contributed by atoms with Crippen LogP contribution in [0.2, 0.25) is 0 Å². The van der Waals surface area contributed by atoms with Crippen molar-refractivity contribution in [2.75, 3.05) is 25.1 Å². The van der Waals surface area contributed by atoms with E-state index in [9.17, 15) is 4.79 Å². The predicted octanol–water partition coefficient (Wildman–Crippen LogP) is 5.35. The number of piperidine rings is 1. The van der Waals surface area contributed by atoms with E-state index in [1.165, 1.54) is 0 Å². The summed E-state index contributed by atoms with van der Waals surface area (Å²) in [4.78, 5) is 15.3. The lowest BCUT2D eigenvalue weighted by atomic mass is 9.92. The Kier molecular flexibility index (Phi) is 6.17. The van der Waals surface area contributed by atoms with Crippen molar-refractivity contribution < 1.29 is 14.3 Å². The number of hydrogen-bond acceptors (Lipinski definition) is 5. The number of ether oxygens (including phenoxy) is 2. The third-order valence-corrected chi connectivity index (χ3v) is 7.79. The second-order valence-electron chi connectivity index (χ2n) is 10.3. The van der Waals surface area contributed by atoms with Gasteiger partial charge in [0.25, 0.3) is 0 Å². The Morgan fingerprint density at radius 2 is 1.75 bits per heavy atom. The number of carbonyl (C=O) groups is 1. The zero-order valence-corrected chi connectivity index (χ0v) is 21.1. The molecule has 3 aromatic rings. The number of nitrogens with zero attached hydrogens (tertiary/aromatic N) is 3. The van der Waals surface area contributed by atoms with Gasteiger partial charge in [-0.05, 0) is 94.9 Å². The van der Waals surface area contributed by atoms with E-state index in [-0.39, 0.29) is 17.9 Å². The molecule has 36 heavy (non-hydrogen) atoms. The van der Waals surface area contributed by atoms with Gasteiger partial charge < -0.3 is 19.7 Å². The van der Waals surface area contributed by atoms with Gasteiger partial charge in [0, 0.05) is 34.8 Å². The second-order valence-corrected chi connectivity index (χ2v) is 10.3. The lowest BCUT2D eigenvalue weighted by Crippen LogP contribution is -2.43. The van der Waals surface area contributed by atoms with E-state index in [2.05, 4.69) is 35.3 Å². The largest absolute Gasteiger partial charge is 0.497 e. The molecule has 1 amide bonds. The number of methoxy groups -OCH3 is 1. The van der Waals surface area contributed by atoms with Crippen molar-refractivity contribution in [2.24, 2.45) is 5.92 Å². The summed E-state index contributed by atoms with van der Waals surface area (Å²) in [5.74, 6) is 2.78. The first kappa shape index (κ1) is 23.1. The number of aromatic nitrogens is 2. The van der Waals surface area contributed by atoms with Gasteiger partial charge in [-0.1, -0.05) is 0 Å². The third kappa shape index (κ3) is 4.37. The summed E-state index contributed by atoms with van der Waals surface area (Å²) < 4.78 is 14.1. The molecule has 1 atom stereocenters. The van der Waals surface area contributed by atoms with Crippen molar-refractivity contribution in [1.29, 1.82) is 0 Å². The molecule has 2 aliphatic heterocycles. The maximum absolute atomic E-state index is 13.3. The molecular formula is C29H34N4O3. The fourth-order valence-corrected chi connectivity index (χ4v) is 5.52. The Hall–Kier alpha value is -3.32. The first-order valence-electron chi connectivity index (χ1n) is 13.2. The van der Waals surface area contributed by atoms with Crippen LogP contribution in [0.25, 0.3) is 11.1 Å². The molecule has 3 aliphatic rings. The molecular weight excluding hydrogens is 452 g/mol. The van der Waals surface area contributed by atoms with Gasteiger partial charge in [0.15, 0.2) is 0 Å². The van der Waals surface area contributed by atoms with Gasteiger partial charge in [0.1, 0.15) is 17.2 Å². The number of nitrogens with one attached hydrogen (secondary N) is 1. The second kappa shape index (κ2) is 9.62. The van der Waals surface area contributed by atoms with E-state index >= 15 is 0 Å². The molecule has 1 saturated carbocycles. The molecule has 0 unspecified atom stereocenters. The van der Waals surface area contributed by atoms with Crippen molar-refractivity contribution >= 4 is 11.6 Å². The summed E-state index contributed by atoms with van der Waals surface area (Å²) in [5.41, 5.74) is 4.14. The van der Waals surface area contributed by atoms with E-state index in [4.69, 9.17) is 14.6 Å². The van der Waals surface area contributed by atoms with Crippen LogP contribution in [0.5, 0.6) is 17.2 Å². The van der Waals surface area contributed by atoms with Gasteiger partial charge in [-0.15, -0.1) is 0 Å². The van der Waals surface area contributed by atoms with Crippen LogP contribution in [0, 0.1) is 5.92 Å². The van der Waals surface area contributed by atoms with Crippen LogP contribution in [0.1, 0.15) is 50.6 Å². The quantitative estimate of drug-likeness (QED) is 0.509. The van der Waals surface area contributed by atoms with E-state index in [1.807, 2.05) is 35.4 Å². The van der Waals surface area contributed by atoms with Crippen molar-refractivity contribution in [2.45, 2.75) is 57.5 Å². The topological polar surface area (TPSA) is 68.6 Å². The summed E-state index contributed by atoms with van der Waals surface area (Å²) in [5, 5.41) is 8.17. The van der Waals surface area contributed by atoms with Crippen LogP contribution >= 0.6 is 0 Å². The molecule has 1 N–H and O–H groups in total. The average molecular weight is 487 g/mol. The van der Waals surface area contributed by atoms with Gasteiger partial charge in [0.2, 0.25) is 5.91 Å². The summed E-state index contributed by atoms with van der Waals surface area (Å²) >= 11 is 0. The maximum atomic E-state index is 13.3. The molecule has 1 aliphatic carbocycles. The Labute approximate surface area is 212 Å². The van der Waals surface area contributed by atoms with Gasteiger partial charge in [0.05, 0.1) is 25.0 Å². The average Bonchev–Trinajstić information content (AvgIpc) is 3.66. The highest BCUT2D eigenvalue weighted by molar-refractivity contribution is 5.99. The fraction of sp³-hybridized carbons (Fsp3) is 0.448. The highest BCUT2D eigenvalue weighted by Gasteiger charge is 2.39. The number of rotatable bonds is 6. The molecule has 7 heteroatoms. The fourth-order valence-electron chi connectivity index (χ4n) is 5.52. The Morgan fingerprint density at radius 3 is 2.47 bits per heavy atom. The SMILES string of the molecule is COc1ccc(Oc2c(-c3cnn(C4CCNCC4)c3)ccc3c2CC[C@H](C)N3C(=O)C2CC2)cc1. The van der Waals surface area contributed by atoms with Gasteiger partial charge >= 0.3 is 0 Å². The normalized spacial score (nSPS) is 20.2. The molecule has 0 spiro atoms. The number of carbonyl (C=O) groups excluding carboxylic acids is 1. The zero-order chi connectivity index (χ0) is 24.6. The smallest absolute Gasteiger partial charge is 0.230 e. The molecule has 0 radical (unpaired) electrons. The van der Waals surface area contributed by atoms with Crippen LogP contribution < -0.4 is 19.7 Å². The molecule has 2 aromatic carbocycles. The molecule has 7 nitrogen and oxygen atoms in total. The predicted molar refractivity (Wildman–Crippen MR) is 140 cm³/mol. The molecule has 188 valence electrons.